The fraction of sp³-hybridized carbons (Fsp3) is 0.652. The maximum atomic E-state index is 12.5. The van der Waals surface area contributed by atoms with Crippen molar-refractivity contribution in [2.24, 2.45) is 11.8 Å². The third-order valence-corrected chi connectivity index (χ3v) is 6.77. The predicted molar refractivity (Wildman–Crippen MR) is 116 cm³/mol. The van der Waals surface area contributed by atoms with Crippen molar-refractivity contribution in [3.05, 3.63) is 30.6 Å². The number of piperidine rings is 1. The third-order valence-electron chi connectivity index (χ3n) is 6.77. The van der Waals surface area contributed by atoms with Crippen molar-refractivity contribution in [1.82, 2.24) is 29.3 Å². The van der Waals surface area contributed by atoms with Crippen LogP contribution in [0.25, 0.3) is 11.4 Å². The summed E-state index contributed by atoms with van der Waals surface area (Å²) in [6, 6.07) is 0. The molecule has 31 heavy (non-hydrogen) atoms. The molecule has 2 saturated heterocycles. The zero-order valence-corrected chi connectivity index (χ0v) is 18.3. The molecule has 3 aliphatic rings. The first kappa shape index (κ1) is 20.6. The van der Waals surface area contributed by atoms with E-state index in [0.717, 1.165) is 29.7 Å². The van der Waals surface area contributed by atoms with E-state index >= 15 is 0 Å². The van der Waals surface area contributed by atoms with Gasteiger partial charge < -0.3 is 19.1 Å². The number of hydrogen-bond acceptors (Lipinski definition) is 6. The van der Waals surface area contributed by atoms with Crippen LogP contribution in [0.1, 0.15) is 31.5 Å². The van der Waals surface area contributed by atoms with E-state index in [-0.39, 0.29) is 18.6 Å². The highest BCUT2D eigenvalue weighted by molar-refractivity contribution is 5.78. The molecule has 0 bridgehead atoms. The summed E-state index contributed by atoms with van der Waals surface area (Å²) in [5, 5.41) is 0. The minimum atomic E-state index is -0.0352. The summed E-state index contributed by atoms with van der Waals surface area (Å²) in [6.45, 7) is 7.84. The Bertz CT molecular complexity index is 886. The van der Waals surface area contributed by atoms with Crippen LogP contribution in [-0.4, -0.2) is 80.7 Å². The highest BCUT2D eigenvalue weighted by Gasteiger charge is 2.31. The summed E-state index contributed by atoms with van der Waals surface area (Å²) in [6.07, 6.45) is 12.5. The number of aromatic nitrogens is 4. The molecular weight excluding hydrogens is 392 g/mol. The van der Waals surface area contributed by atoms with Gasteiger partial charge in [-0.25, -0.2) is 15.0 Å². The lowest BCUT2D eigenvalue weighted by atomic mass is 9.95. The van der Waals surface area contributed by atoms with Crippen molar-refractivity contribution < 1.29 is 9.53 Å². The standard InChI is InChI=1S/C23H32N6O2/c1-17-25-10-20(11-26-17)23-24-6-9-28(23)14-21-15-29(22(30)16-31-21)13-19-4-7-27(8-5-19)12-18-2-3-18/h6,9-11,18-19,21H,2-5,7-8,12-16H2,1H3. The van der Waals surface area contributed by atoms with E-state index in [1.165, 1.54) is 45.3 Å². The topological polar surface area (TPSA) is 76.4 Å². The van der Waals surface area contributed by atoms with Gasteiger partial charge in [-0.2, -0.15) is 0 Å². The highest BCUT2D eigenvalue weighted by Crippen LogP contribution is 2.31. The summed E-state index contributed by atoms with van der Waals surface area (Å²) in [5.74, 6) is 3.25. The smallest absolute Gasteiger partial charge is 0.248 e. The fourth-order valence-corrected chi connectivity index (χ4v) is 4.74. The summed E-state index contributed by atoms with van der Waals surface area (Å²) < 4.78 is 7.95. The number of carbonyl (C=O) groups is 1. The maximum Gasteiger partial charge on any atom is 0.248 e. The van der Waals surface area contributed by atoms with Gasteiger partial charge in [0.1, 0.15) is 18.3 Å². The van der Waals surface area contributed by atoms with E-state index in [1.807, 2.05) is 18.0 Å². The van der Waals surface area contributed by atoms with Gasteiger partial charge in [0, 0.05) is 44.4 Å². The Labute approximate surface area is 183 Å². The van der Waals surface area contributed by atoms with Crippen molar-refractivity contribution in [3.63, 3.8) is 0 Å². The van der Waals surface area contributed by atoms with Crippen LogP contribution in [0.15, 0.2) is 24.8 Å². The Morgan fingerprint density at radius 3 is 2.48 bits per heavy atom. The Balaban J connectivity index is 1.16. The predicted octanol–water partition coefficient (Wildman–Crippen LogP) is 2.00. The largest absolute Gasteiger partial charge is 0.365 e. The molecule has 0 radical (unpaired) electrons. The van der Waals surface area contributed by atoms with Gasteiger partial charge in [0.25, 0.3) is 0 Å². The molecule has 8 heteroatoms. The van der Waals surface area contributed by atoms with E-state index < -0.39 is 0 Å². The molecule has 1 amide bonds. The number of ether oxygens (including phenoxy) is 1. The Morgan fingerprint density at radius 2 is 1.74 bits per heavy atom. The molecule has 4 heterocycles. The monoisotopic (exact) mass is 424 g/mol. The minimum absolute atomic E-state index is 0.0352. The van der Waals surface area contributed by atoms with Crippen LogP contribution in [-0.2, 0) is 16.1 Å². The van der Waals surface area contributed by atoms with Crippen LogP contribution < -0.4 is 0 Å². The van der Waals surface area contributed by atoms with Crippen molar-refractivity contribution >= 4 is 5.91 Å². The molecule has 2 aromatic rings. The van der Waals surface area contributed by atoms with Crippen LogP contribution in [0.4, 0.5) is 0 Å². The lowest BCUT2D eigenvalue weighted by molar-refractivity contribution is -0.150. The molecule has 3 fully saturated rings. The third kappa shape index (κ3) is 5.13. The summed E-state index contributed by atoms with van der Waals surface area (Å²) in [4.78, 5) is 30.2. The second-order valence-corrected chi connectivity index (χ2v) is 9.34. The average Bonchev–Trinajstić information content (AvgIpc) is 3.48. The van der Waals surface area contributed by atoms with Gasteiger partial charge in [-0.15, -0.1) is 0 Å². The molecular formula is C23H32N6O2. The van der Waals surface area contributed by atoms with Crippen molar-refractivity contribution in [2.45, 2.75) is 45.3 Å². The van der Waals surface area contributed by atoms with E-state index in [2.05, 4.69) is 24.4 Å². The van der Waals surface area contributed by atoms with E-state index in [9.17, 15) is 4.79 Å². The molecule has 1 unspecified atom stereocenters. The Morgan fingerprint density at radius 1 is 1.00 bits per heavy atom. The van der Waals surface area contributed by atoms with Crippen molar-refractivity contribution in [3.8, 4) is 11.4 Å². The number of aryl methyl sites for hydroxylation is 1. The fourth-order valence-electron chi connectivity index (χ4n) is 4.74. The lowest BCUT2D eigenvalue weighted by Crippen LogP contribution is -2.50. The number of nitrogens with zero attached hydrogens (tertiary/aromatic N) is 6. The van der Waals surface area contributed by atoms with Crippen LogP contribution in [0.5, 0.6) is 0 Å². The molecule has 2 aliphatic heterocycles. The zero-order valence-electron chi connectivity index (χ0n) is 18.3. The molecule has 1 aliphatic carbocycles. The number of rotatable bonds is 7. The maximum absolute atomic E-state index is 12.5. The molecule has 1 atom stereocenters. The second-order valence-electron chi connectivity index (χ2n) is 9.34. The average molecular weight is 425 g/mol. The van der Waals surface area contributed by atoms with Crippen LogP contribution in [0.3, 0.4) is 0 Å². The van der Waals surface area contributed by atoms with Crippen LogP contribution in [0, 0.1) is 18.8 Å². The van der Waals surface area contributed by atoms with Gasteiger partial charge in [-0.05, 0) is 57.5 Å². The summed E-state index contributed by atoms with van der Waals surface area (Å²) in [5.41, 5.74) is 0.886. The van der Waals surface area contributed by atoms with E-state index in [1.54, 1.807) is 18.6 Å². The minimum Gasteiger partial charge on any atom is -0.365 e. The molecule has 2 aromatic heterocycles. The first-order valence-corrected chi connectivity index (χ1v) is 11.6. The number of carbonyl (C=O) groups excluding carboxylic acids is 1. The Hall–Kier alpha value is -2.32. The number of likely N-dealkylation sites (tertiary alicyclic amines) is 1. The van der Waals surface area contributed by atoms with Gasteiger partial charge in [0.2, 0.25) is 5.91 Å². The van der Waals surface area contributed by atoms with Gasteiger partial charge in [0.05, 0.1) is 18.2 Å². The first-order valence-electron chi connectivity index (χ1n) is 11.6. The van der Waals surface area contributed by atoms with Gasteiger partial charge >= 0.3 is 0 Å². The lowest BCUT2D eigenvalue weighted by Gasteiger charge is -2.38. The van der Waals surface area contributed by atoms with Gasteiger partial charge in [-0.3, -0.25) is 4.79 Å². The number of imidazole rings is 1. The molecule has 1 saturated carbocycles. The highest BCUT2D eigenvalue weighted by atomic mass is 16.5. The summed E-state index contributed by atoms with van der Waals surface area (Å²) >= 11 is 0. The van der Waals surface area contributed by atoms with Crippen molar-refractivity contribution in [1.29, 1.82) is 0 Å². The van der Waals surface area contributed by atoms with Crippen LogP contribution in [0.2, 0.25) is 0 Å². The number of morpholine rings is 1. The molecule has 166 valence electrons. The zero-order chi connectivity index (χ0) is 21.2. The number of hydrogen-bond donors (Lipinski definition) is 0. The first-order chi connectivity index (χ1) is 15.1. The molecule has 5 rings (SSSR count). The van der Waals surface area contributed by atoms with E-state index in [0.29, 0.717) is 19.0 Å². The molecule has 0 N–H and O–H groups in total. The molecule has 0 aromatic carbocycles. The molecule has 0 spiro atoms. The summed E-state index contributed by atoms with van der Waals surface area (Å²) in [7, 11) is 0. The van der Waals surface area contributed by atoms with Gasteiger partial charge in [0.15, 0.2) is 0 Å². The molecule has 8 nitrogen and oxygen atoms in total. The SMILES string of the molecule is Cc1ncc(-c2nccn2CC2CN(CC3CCN(CC4CC4)CC3)C(=O)CO2)cn1. The van der Waals surface area contributed by atoms with Crippen molar-refractivity contribution in [2.75, 3.05) is 39.3 Å². The Kier molecular flexibility index (Phi) is 6.00. The van der Waals surface area contributed by atoms with Gasteiger partial charge in [-0.1, -0.05) is 0 Å². The second kappa shape index (κ2) is 9.04. The quantitative estimate of drug-likeness (QED) is 0.677. The normalized spacial score (nSPS) is 23.5. The van der Waals surface area contributed by atoms with E-state index in [4.69, 9.17) is 4.74 Å². The van der Waals surface area contributed by atoms with Crippen LogP contribution >= 0.6 is 0 Å². The number of amides is 1.